The average molecular weight is 565 g/mol. The van der Waals surface area contributed by atoms with Crippen molar-refractivity contribution in [2.24, 2.45) is 0 Å². The summed E-state index contributed by atoms with van der Waals surface area (Å²) in [6.07, 6.45) is -1.09. The highest BCUT2D eigenvalue weighted by Gasteiger charge is 2.63. The lowest BCUT2D eigenvalue weighted by Gasteiger charge is -2.50. The molecule has 0 radical (unpaired) electrons. The van der Waals surface area contributed by atoms with Crippen LogP contribution in [-0.2, 0) is 41.4 Å². The Bertz CT molecular complexity index is 1460. The van der Waals surface area contributed by atoms with Crippen LogP contribution in [0.4, 0.5) is 4.79 Å². The molecule has 0 saturated heterocycles. The largest absolute Gasteiger partial charge is 0.509 e. The topological polar surface area (TPSA) is 125 Å². The van der Waals surface area contributed by atoms with Gasteiger partial charge in [-0.1, -0.05) is 48.5 Å². The Kier molecular flexibility index (Phi) is 7.67. The Morgan fingerprint density at radius 3 is 2.49 bits per heavy atom. The van der Waals surface area contributed by atoms with E-state index in [1.165, 1.54) is 7.11 Å². The van der Waals surface area contributed by atoms with Crippen LogP contribution in [0.5, 0.6) is 0 Å². The summed E-state index contributed by atoms with van der Waals surface area (Å²) in [6.45, 7) is 4.94. The fraction of sp³-hybridized carbons (Fsp3) is 0.452. The van der Waals surface area contributed by atoms with Crippen molar-refractivity contribution in [1.82, 2.24) is 10.0 Å². The van der Waals surface area contributed by atoms with E-state index in [2.05, 4.69) is 5.48 Å². The molecule has 2 aromatic carbocycles. The number of aliphatic hydroxyl groups excluding tert-OH is 1. The number of carbonyl (C=O) groups excluding carboxylic acids is 3. The first kappa shape index (κ1) is 28.8. The second kappa shape index (κ2) is 10.9. The Morgan fingerprint density at radius 1 is 1.10 bits per heavy atom. The lowest BCUT2D eigenvalue weighted by atomic mass is 9.60. The summed E-state index contributed by atoms with van der Waals surface area (Å²) in [7, 11) is 1.36. The predicted octanol–water partition coefficient (Wildman–Crippen LogP) is 4.51. The molecule has 10 heteroatoms. The van der Waals surface area contributed by atoms with E-state index in [4.69, 9.17) is 19.0 Å². The number of nitrogens with one attached hydrogen (secondary N) is 1. The highest BCUT2D eigenvalue weighted by atomic mass is 16.7. The van der Waals surface area contributed by atoms with E-state index in [-0.39, 0.29) is 32.0 Å². The summed E-state index contributed by atoms with van der Waals surface area (Å²) in [4.78, 5) is 46.4. The number of hydroxylamine groups is 1. The molecule has 2 aliphatic rings. The predicted molar refractivity (Wildman–Crippen MR) is 149 cm³/mol. The van der Waals surface area contributed by atoms with Crippen molar-refractivity contribution in [3.05, 3.63) is 71.4 Å². The second-order valence-electron chi connectivity index (χ2n) is 11.7. The van der Waals surface area contributed by atoms with Crippen LogP contribution in [0.15, 0.2) is 54.6 Å². The van der Waals surface area contributed by atoms with Gasteiger partial charge in [0.1, 0.15) is 18.3 Å². The van der Waals surface area contributed by atoms with Gasteiger partial charge in [-0.15, -0.1) is 0 Å². The molecule has 3 atom stereocenters. The normalized spacial score (nSPS) is 23.6. The van der Waals surface area contributed by atoms with Crippen LogP contribution >= 0.6 is 0 Å². The molecule has 3 aromatic rings. The van der Waals surface area contributed by atoms with Gasteiger partial charge in [-0.05, 0) is 51.7 Å². The highest BCUT2D eigenvalue weighted by Crippen LogP contribution is 2.56. The number of fused-ring (bicyclic) bond motifs is 3. The van der Waals surface area contributed by atoms with Gasteiger partial charge < -0.3 is 24.2 Å². The van der Waals surface area contributed by atoms with Crippen molar-refractivity contribution >= 4 is 28.9 Å². The molecular weight excluding hydrogens is 528 g/mol. The van der Waals surface area contributed by atoms with E-state index in [0.717, 1.165) is 5.56 Å². The number of rotatable bonds is 8. The van der Waals surface area contributed by atoms with Crippen molar-refractivity contribution in [1.29, 1.82) is 0 Å². The number of hydrogen-bond acceptors (Lipinski definition) is 9. The molecule has 0 spiro atoms. The molecule has 2 N–H and O–H groups in total. The number of nitrogens with zero attached hydrogens (tertiary/aromatic N) is 1. The van der Waals surface area contributed by atoms with Gasteiger partial charge in [0, 0.05) is 35.1 Å². The third-order valence-electron chi connectivity index (χ3n) is 7.91. The second-order valence-corrected chi connectivity index (χ2v) is 11.7. The van der Waals surface area contributed by atoms with Gasteiger partial charge in [-0.25, -0.2) is 9.59 Å². The molecule has 0 amide bonds. The first-order valence-electron chi connectivity index (χ1n) is 13.8. The molecule has 0 bridgehead atoms. The highest BCUT2D eigenvalue weighted by molar-refractivity contribution is 6.02. The summed E-state index contributed by atoms with van der Waals surface area (Å²) in [5, 5.41) is 10.8. The lowest BCUT2D eigenvalue weighted by Crippen LogP contribution is -2.64. The quantitative estimate of drug-likeness (QED) is 0.300. The summed E-state index contributed by atoms with van der Waals surface area (Å²) in [6, 6.07) is 16.5. The Hall–Kier alpha value is -3.73. The number of esters is 1. The van der Waals surface area contributed by atoms with Gasteiger partial charge in [-0.3, -0.25) is 9.36 Å². The number of benzene rings is 2. The van der Waals surface area contributed by atoms with Gasteiger partial charge in [-0.2, -0.15) is 5.48 Å². The Labute approximate surface area is 238 Å². The number of hydrogen-bond donors (Lipinski definition) is 2. The maximum atomic E-state index is 14.4. The molecule has 1 aromatic heterocycles. The van der Waals surface area contributed by atoms with Gasteiger partial charge in [0.05, 0.1) is 12.6 Å². The SMILES string of the molecule is CON[C@@]1(C(=O)OCc2ccccc2)c2c3n(c4ccccc24)C(=O)CC[C@]3(CCO)C[C@@H]1OC(=O)OC(C)(C)C. The van der Waals surface area contributed by atoms with Crippen LogP contribution in [0.25, 0.3) is 10.9 Å². The molecule has 5 rings (SSSR count). The summed E-state index contributed by atoms with van der Waals surface area (Å²) in [5.74, 6) is -0.863. The molecule has 1 aliphatic carbocycles. The molecule has 0 unspecified atom stereocenters. The number of carbonyl (C=O) groups is 3. The standard InChI is InChI=1S/C31H36N2O8/c1-29(2,3)41-28(37)40-23-18-30(16-17-34)15-14-24(35)33-22-13-9-8-12-21(22)25(26(30)33)31(23,32-38-4)27(36)39-19-20-10-6-5-7-11-20/h5-13,23,32,34H,14-19H2,1-4H3/t23-,30-,31+/m0/s1. The molecule has 41 heavy (non-hydrogen) atoms. The minimum atomic E-state index is -1.86. The summed E-state index contributed by atoms with van der Waals surface area (Å²) >= 11 is 0. The minimum absolute atomic E-state index is 0.0410. The Morgan fingerprint density at radius 2 is 1.80 bits per heavy atom. The molecule has 2 heterocycles. The van der Waals surface area contributed by atoms with Crippen LogP contribution in [0.2, 0.25) is 0 Å². The fourth-order valence-electron chi connectivity index (χ4n) is 6.31. The first-order valence-corrected chi connectivity index (χ1v) is 13.8. The monoisotopic (exact) mass is 564 g/mol. The zero-order valence-electron chi connectivity index (χ0n) is 23.8. The molecule has 10 nitrogen and oxygen atoms in total. The van der Waals surface area contributed by atoms with Crippen molar-refractivity contribution in [3.8, 4) is 0 Å². The van der Waals surface area contributed by atoms with Gasteiger partial charge in [0.25, 0.3) is 0 Å². The van der Waals surface area contributed by atoms with E-state index in [1.807, 2.05) is 54.6 Å². The molecular formula is C31H36N2O8. The maximum Gasteiger partial charge on any atom is 0.509 e. The average Bonchev–Trinajstić information content (AvgIpc) is 3.29. The van der Waals surface area contributed by atoms with E-state index in [9.17, 15) is 19.5 Å². The van der Waals surface area contributed by atoms with Crippen LogP contribution < -0.4 is 5.48 Å². The van der Waals surface area contributed by atoms with E-state index in [0.29, 0.717) is 35.0 Å². The van der Waals surface area contributed by atoms with Gasteiger partial charge in [0.15, 0.2) is 0 Å². The molecule has 1 aliphatic heterocycles. The first-order chi connectivity index (χ1) is 19.6. The number of aliphatic hydroxyl groups is 1. The third kappa shape index (κ3) is 5.00. The van der Waals surface area contributed by atoms with E-state index >= 15 is 0 Å². The van der Waals surface area contributed by atoms with E-state index in [1.54, 1.807) is 25.3 Å². The number of aromatic nitrogens is 1. The van der Waals surface area contributed by atoms with Crippen molar-refractivity contribution in [2.75, 3.05) is 13.7 Å². The zero-order valence-corrected chi connectivity index (χ0v) is 23.8. The number of ether oxygens (including phenoxy) is 3. The van der Waals surface area contributed by atoms with Gasteiger partial charge >= 0.3 is 12.1 Å². The molecule has 218 valence electrons. The van der Waals surface area contributed by atoms with Crippen LogP contribution in [0.1, 0.15) is 68.1 Å². The van der Waals surface area contributed by atoms with Crippen molar-refractivity contribution in [2.45, 2.75) is 75.7 Å². The minimum Gasteiger partial charge on any atom is -0.459 e. The van der Waals surface area contributed by atoms with Crippen molar-refractivity contribution < 1.29 is 38.5 Å². The summed E-state index contributed by atoms with van der Waals surface area (Å²) < 4.78 is 19.0. The van der Waals surface area contributed by atoms with Crippen LogP contribution in [0, 0.1) is 0 Å². The Balaban J connectivity index is 1.75. The maximum absolute atomic E-state index is 14.4. The molecule has 0 fully saturated rings. The molecule has 0 saturated carbocycles. The summed E-state index contributed by atoms with van der Waals surface area (Å²) in [5.41, 5.74) is 1.77. The lowest BCUT2D eigenvalue weighted by molar-refractivity contribution is -0.175. The third-order valence-corrected chi connectivity index (χ3v) is 7.91. The van der Waals surface area contributed by atoms with Crippen LogP contribution in [-0.4, -0.2) is 53.1 Å². The van der Waals surface area contributed by atoms with E-state index < -0.39 is 34.8 Å². The fourth-order valence-corrected chi connectivity index (χ4v) is 6.31. The van der Waals surface area contributed by atoms with Crippen molar-refractivity contribution in [3.63, 3.8) is 0 Å². The van der Waals surface area contributed by atoms with Gasteiger partial charge in [0.2, 0.25) is 11.4 Å². The smallest absolute Gasteiger partial charge is 0.459 e. The zero-order chi connectivity index (χ0) is 29.4. The van der Waals surface area contributed by atoms with Crippen LogP contribution in [0.3, 0.4) is 0 Å². The number of para-hydroxylation sites is 1.